The molecule has 0 saturated carbocycles. The van der Waals surface area contributed by atoms with Gasteiger partial charge in [-0.15, -0.1) is 18.2 Å². The number of fused-ring (bicyclic) bond motifs is 1. The quantitative estimate of drug-likeness (QED) is 0.717. The molecule has 0 aliphatic carbocycles. The molecule has 128 valence electrons. The lowest BCUT2D eigenvalue weighted by atomic mass is 10.1. The summed E-state index contributed by atoms with van der Waals surface area (Å²) >= 11 is 7.38. The van der Waals surface area contributed by atoms with Crippen LogP contribution in [0.4, 0.5) is 18.9 Å². The van der Waals surface area contributed by atoms with Crippen LogP contribution in [0.3, 0.4) is 0 Å². The van der Waals surface area contributed by atoms with Crippen molar-refractivity contribution in [3.05, 3.63) is 41.0 Å². The van der Waals surface area contributed by atoms with Gasteiger partial charge in [-0.2, -0.15) is 13.2 Å². The highest BCUT2D eigenvalue weighted by Crippen LogP contribution is 2.40. The van der Waals surface area contributed by atoms with E-state index >= 15 is 0 Å². The fraction of sp³-hybridized carbons (Fsp3) is 0.176. The van der Waals surface area contributed by atoms with Crippen molar-refractivity contribution >= 4 is 35.0 Å². The van der Waals surface area contributed by atoms with Crippen molar-refractivity contribution < 1.29 is 18.0 Å². The summed E-state index contributed by atoms with van der Waals surface area (Å²) < 4.78 is 38.2. The standard InChI is InChI=1S/C17H10ClF3N2OS/c1-2-5-23-13-6-10(3-4-14(13)25-9-15(23)24)16-12(18)7-11(8-22-16)17(19,20)21/h1,3-4,6-8H,5,9H2. The molecule has 1 amide bonds. The van der Waals surface area contributed by atoms with Crippen LogP contribution >= 0.6 is 23.4 Å². The third-order valence-corrected chi connectivity index (χ3v) is 4.93. The van der Waals surface area contributed by atoms with Gasteiger partial charge in [-0.25, -0.2) is 0 Å². The average Bonchev–Trinajstić information content (AvgIpc) is 2.56. The molecular formula is C17H10ClF3N2OS. The molecule has 3 nitrogen and oxygen atoms in total. The summed E-state index contributed by atoms with van der Waals surface area (Å²) in [6.07, 6.45) is 1.54. The van der Waals surface area contributed by atoms with E-state index in [9.17, 15) is 18.0 Å². The predicted molar refractivity (Wildman–Crippen MR) is 91.6 cm³/mol. The van der Waals surface area contributed by atoms with Gasteiger partial charge in [0.05, 0.1) is 34.3 Å². The molecule has 8 heteroatoms. The lowest BCUT2D eigenvalue weighted by Crippen LogP contribution is -2.35. The molecule has 0 spiro atoms. The molecule has 25 heavy (non-hydrogen) atoms. The number of amides is 1. The van der Waals surface area contributed by atoms with Gasteiger partial charge in [0.15, 0.2) is 0 Å². The first-order valence-corrected chi connectivity index (χ1v) is 8.41. The van der Waals surface area contributed by atoms with E-state index in [2.05, 4.69) is 10.9 Å². The Kier molecular flexibility index (Phi) is 4.67. The zero-order valence-corrected chi connectivity index (χ0v) is 14.2. The summed E-state index contributed by atoms with van der Waals surface area (Å²) in [5.41, 5.74) is 0.407. The SMILES string of the molecule is C#CCN1C(=O)CSc2ccc(-c3ncc(C(F)(F)F)cc3Cl)cc21. The molecule has 1 aliphatic heterocycles. The molecule has 1 aliphatic rings. The Bertz CT molecular complexity index is 892. The molecular weight excluding hydrogens is 373 g/mol. The Morgan fingerprint density at radius 3 is 2.76 bits per heavy atom. The molecule has 0 unspecified atom stereocenters. The van der Waals surface area contributed by atoms with Crippen LogP contribution in [0, 0.1) is 12.3 Å². The lowest BCUT2D eigenvalue weighted by molar-refractivity contribution is -0.137. The first-order chi connectivity index (χ1) is 11.8. The van der Waals surface area contributed by atoms with Crippen molar-refractivity contribution in [2.75, 3.05) is 17.2 Å². The van der Waals surface area contributed by atoms with Crippen LogP contribution < -0.4 is 4.90 Å². The van der Waals surface area contributed by atoms with Crippen molar-refractivity contribution in [2.24, 2.45) is 0 Å². The molecule has 0 atom stereocenters. The Balaban J connectivity index is 2.05. The second-order valence-corrected chi connectivity index (χ2v) is 6.63. The number of carbonyl (C=O) groups excluding carboxylic acids is 1. The highest BCUT2D eigenvalue weighted by molar-refractivity contribution is 8.00. The van der Waals surface area contributed by atoms with E-state index in [1.54, 1.807) is 18.2 Å². The second kappa shape index (κ2) is 6.62. The van der Waals surface area contributed by atoms with Crippen LogP contribution in [-0.4, -0.2) is 23.2 Å². The van der Waals surface area contributed by atoms with Gasteiger partial charge in [0.2, 0.25) is 5.91 Å². The molecule has 1 aromatic carbocycles. The summed E-state index contributed by atoms with van der Waals surface area (Å²) in [6.45, 7) is 0.115. The number of benzene rings is 1. The fourth-order valence-corrected chi connectivity index (χ4v) is 3.61. The van der Waals surface area contributed by atoms with Gasteiger partial charge in [0.1, 0.15) is 0 Å². The van der Waals surface area contributed by atoms with Crippen molar-refractivity contribution in [1.29, 1.82) is 0 Å². The minimum atomic E-state index is -4.52. The number of thioether (sulfide) groups is 1. The van der Waals surface area contributed by atoms with E-state index in [4.69, 9.17) is 18.0 Å². The van der Waals surface area contributed by atoms with Gasteiger partial charge < -0.3 is 0 Å². The largest absolute Gasteiger partial charge is 0.417 e. The molecule has 2 aromatic rings. The Morgan fingerprint density at radius 1 is 1.36 bits per heavy atom. The van der Waals surface area contributed by atoms with Gasteiger partial charge in [0.25, 0.3) is 0 Å². The van der Waals surface area contributed by atoms with Crippen LogP contribution in [-0.2, 0) is 11.0 Å². The number of nitrogens with zero attached hydrogens (tertiary/aromatic N) is 2. The monoisotopic (exact) mass is 382 g/mol. The predicted octanol–water partition coefficient (Wildman–Crippen LogP) is 4.49. The number of hydrogen-bond donors (Lipinski definition) is 0. The van der Waals surface area contributed by atoms with Crippen molar-refractivity contribution in [3.8, 4) is 23.6 Å². The van der Waals surface area contributed by atoms with Crippen molar-refractivity contribution in [2.45, 2.75) is 11.1 Å². The van der Waals surface area contributed by atoms with E-state index in [1.165, 1.54) is 16.7 Å². The molecule has 0 N–H and O–H groups in total. The molecule has 0 radical (unpaired) electrons. The van der Waals surface area contributed by atoms with Gasteiger partial charge in [-0.1, -0.05) is 23.6 Å². The Hall–Kier alpha value is -2.17. The number of rotatable bonds is 2. The number of carbonyl (C=O) groups is 1. The Morgan fingerprint density at radius 2 is 2.12 bits per heavy atom. The number of aromatic nitrogens is 1. The van der Waals surface area contributed by atoms with Crippen LogP contribution in [0.2, 0.25) is 5.02 Å². The van der Waals surface area contributed by atoms with Crippen molar-refractivity contribution in [3.63, 3.8) is 0 Å². The zero-order chi connectivity index (χ0) is 18.2. The minimum absolute atomic E-state index is 0.115. The number of halogens is 4. The maximum absolute atomic E-state index is 12.7. The van der Waals surface area contributed by atoms with E-state index in [1.807, 2.05) is 0 Å². The van der Waals surface area contributed by atoms with Crippen LogP contribution in [0.5, 0.6) is 0 Å². The third-order valence-electron chi connectivity index (χ3n) is 3.59. The van der Waals surface area contributed by atoms with Gasteiger partial charge >= 0.3 is 6.18 Å². The fourth-order valence-electron chi connectivity index (χ4n) is 2.42. The second-order valence-electron chi connectivity index (χ2n) is 5.21. The maximum Gasteiger partial charge on any atom is 0.417 e. The van der Waals surface area contributed by atoms with Crippen molar-refractivity contribution in [1.82, 2.24) is 4.98 Å². The normalized spacial score (nSPS) is 14.2. The molecule has 1 aromatic heterocycles. The number of pyridine rings is 1. The summed E-state index contributed by atoms with van der Waals surface area (Å²) in [4.78, 5) is 18.2. The maximum atomic E-state index is 12.7. The van der Waals surface area contributed by atoms with Gasteiger partial charge in [-0.05, 0) is 18.2 Å². The first-order valence-electron chi connectivity index (χ1n) is 7.05. The summed E-state index contributed by atoms with van der Waals surface area (Å²) in [5, 5.41) is -0.118. The highest BCUT2D eigenvalue weighted by atomic mass is 35.5. The lowest BCUT2D eigenvalue weighted by Gasteiger charge is -2.27. The zero-order valence-electron chi connectivity index (χ0n) is 12.6. The molecule has 0 saturated heterocycles. The van der Waals surface area contributed by atoms with Crippen LogP contribution in [0.1, 0.15) is 5.56 Å². The number of hydrogen-bond acceptors (Lipinski definition) is 3. The summed E-state index contributed by atoms with van der Waals surface area (Å²) in [7, 11) is 0. The molecule has 0 bridgehead atoms. The summed E-state index contributed by atoms with van der Waals surface area (Å²) in [5.74, 6) is 2.59. The smallest absolute Gasteiger partial charge is 0.299 e. The van der Waals surface area contributed by atoms with Crippen LogP contribution in [0.15, 0.2) is 35.4 Å². The number of anilines is 1. The number of terminal acetylenes is 1. The van der Waals surface area contributed by atoms with Crippen LogP contribution in [0.25, 0.3) is 11.3 Å². The van der Waals surface area contributed by atoms with E-state index in [0.717, 1.165) is 17.2 Å². The average molecular weight is 383 g/mol. The number of alkyl halides is 3. The third kappa shape index (κ3) is 3.46. The summed E-state index contributed by atoms with van der Waals surface area (Å²) in [6, 6.07) is 5.98. The van der Waals surface area contributed by atoms with E-state index in [-0.39, 0.29) is 28.9 Å². The Labute approximate surface area is 151 Å². The van der Waals surface area contributed by atoms with Gasteiger partial charge in [0, 0.05) is 16.7 Å². The highest BCUT2D eigenvalue weighted by Gasteiger charge is 2.32. The minimum Gasteiger partial charge on any atom is -0.299 e. The topological polar surface area (TPSA) is 33.2 Å². The van der Waals surface area contributed by atoms with E-state index < -0.39 is 11.7 Å². The van der Waals surface area contributed by atoms with E-state index in [0.29, 0.717) is 11.3 Å². The molecule has 0 fully saturated rings. The first kappa shape index (κ1) is 17.6. The molecule has 2 heterocycles. The molecule has 3 rings (SSSR count). The van der Waals surface area contributed by atoms with Gasteiger partial charge in [-0.3, -0.25) is 14.7 Å².